The van der Waals surface area contributed by atoms with Crippen LogP contribution in [0.3, 0.4) is 0 Å². The summed E-state index contributed by atoms with van der Waals surface area (Å²) in [5, 5.41) is 5.99. The zero-order chi connectivity index (χ0) is 15.2. The van der Waals surface area contributed by atoms with Crippen molar-refractivity contribution in [1.29, 1.82) is 0 Å². The zero-order valence-corrected chi connectivity index (χ0v) is 12.7. The Morgan fingerprint density at radius 2 is 1.90 bits per heavy atom. The molecular weight excluding hydrogens is 262 g/mol. The van der Waals surface area contributed by atoms with Crippen LogP contribution in [0, 0.1) is 0 Å². The highest BCUT2D eigenvalue weighted by atomic mass is 16.1. The molecule has 21 heavy (non-hydrogen) atoms. The molecule has 4 heteroatoms. The Kier molecular flexibility index (Phi) is 4.93. The summed E-state index contributed by atoms with van der Waals surface area (Å²) in [7, 11) is 0. The fourth-order valence-electron chi connectivity index (χ4n) is 2.00. The molecule has 1 aromatic heterocycles. The first-order valence-electron chi connectivity index (χ1n) is 7.21. The highest BCUT2D eigenvalue weighted by Gasteiger charge is 2.07. The molecule has 0 aliphatic rings. The Labute approximate surface area is 125 Å². The van der Waals surface area contributed by atoms with Crippen molar-refractivity contribution in [2.45, 2.75) is 26.7 Å². The molecule has 0 saturated heterocycles. The first-order chi connectivity index (χ1) is 10.1. The maximum atomic E-state index is 12.2. The number of carbonyl (C=O) groups is 1. The summed E-state index contributed by atoms with van der Waals surface area (Å²) in [6.45, 7) is 7.05. The van der Waals surface area contributed by atoms with Gasteiger partial charge in [-0.3, -0.25) is 4.79 Å². The number of hydrogen-bond donors (Lipinski definition) is 2. The first kappa shape index (κ1) is 15.0. The number of nitrogens with one attached hydrogen (secondary N) is 2. The van der Waals surface area contributed by atoms with Crippen LogP contribution in [0.1, 0.15) is 42.6 Å². The first-order valence-corrected chi connectivity index (χ1v) is 7.21. The van der Waals surface area contributed by atoms with Gasteiger partial charge < -0.3 is 10.6 Å². The number of benzene rings is 1. The van der Waals surface area contributed by atoms with Crippen LogP contribution in [0.25, 0.3) is 0 Å². The molecule has 0 bridgehead atoms. The van der Waals surface area contributed by atoms with Crippen molar-refractivity contribution in [2.24, 2.45) is 0 Å². The summed E-state index contributed by atoms with van der Waals surface area (Å²) in [5.74, 6) is 1.06. The van der Waals surface area contributed by atoms with Gasteiger partial charge in [0.2, 0.25) is 0 Å². The van der Waals surface area contributed by atoms with Crippen molar-refractivity contribution in [2.75, 3.05) is 17.2 Å². The van der Waals surface area contributed by atoms with Gasteiger partial charge in [0.25, 0.3) is 5.91 Å². The van der Waals surface area contributed by atoms with Gasteiger partial charge in [-0.15, -0.1) is 0 Å². The van der Waals surface area contributed by atoms with Crippen molar-refractivity contribution in [3.8, 4) is 0 Å². The molecule has 1 aromatic carbocycles. The van der Waals surface area contributed by atoms with E-state index in [9.17, 15) is 4.79 Å². The SMILES string of the molecule is CCNc1cc(C(=O)Nc2ccc(C(C)C)cc2)ccn1. The van der Waals surface area contributed by atoms with E-state index < -0.39 is 0 Å². The minimum absolute atomic E-state index is 0.131. The van der Waals surface area contributed by atoms with Crippen molar-refractivity contribution in [1.82, 2.24) is 4.98 Å². The minimum Gasteiger partial charge on any atom is -0.370 e. The Hall–Kier alpha value is -2.36. The Morgan fingerprint density at radius 1 is 1.19 bits per heavy atom. The third-order valence-electron chi connectivity index (χ3n) is 3.22. The van der Waals surface area contributed by atoms with Crippen LogP contribution < -0.4 is 10.6 Å². The lowest BCUT2D eigenvalue weighted by molar-refractivity contribution is 0.102. The molecule has 0 saturated carbocycles. The molecule has 2 rings (SSSR count). The van der Waals surface area contributed by atoms with Crippen molar-refractivity contribution in [3.05, 3.63) is 53.7 Å². The molecular formula is C17H21N3O. The van der Waals surface area contributed by atoms with Gasteiger partial charge in [0.15, 0.2) is 0 Å². The minimum atomic E-state index is -0.131. The molecule has 0 atom stereocenters. The van der Waals surface area contributed by atoms with Crippen molar-refractivity contribution < 1.29 is 4.79 Å². The van der Waals surface area contributed by atoms with E-state index in [0.29, 0.717) is 17.3 Å². The second kappa shape index (κ2) is 6.88. The summed E-state index contributed by atoms with van der Waals surface area (Å²) in [5.41, 5.74) is 2.64. The Morgan fingerprint density at radius 3 is 2.52 bits per heavy atom. The number of carbonyl (C=O) groups excluding carboxylic acids is 1. The zero-order valence-electron chi connectivity index (χ0n) is 12.7. The molecule has 0 aliphatic heterocycles. The average Bonchev–Trinajstić information content (AvgIpc) is 2.48. The third kappa shape index (κ3) is 4.05. The van der Waals surface area contributed by atoms with Crippen LogP contribution in [-0.2, 0) is 0 Å². The molecule has 2 N–H and O–H groups in total. The van der Waals surface area contributed by atoms with Gasteiger partial charge in [-0.1, -0.05) is 26.0 Å². The molecule has 0 fully saturated rings. The van der Waals surface area contributed by atoms with Gasteiger partial charge in [0.1, 0.15) is 5.82 Å². The number of aromatic nitrogens is 1. The van der Waals surface area contributed by atoms with Gasteiger partial charge in [-0.05, 0) is 42.7 Å². The van der Waals surface area contributed by atoms with E-state index in [1.165, 1.54) is 5.56 Å². The number of nitrogens with zero attached hydrogens (tertiary/aromatic N) is 1. The van der Waals surface area contributed by atoms with Gasteiger partial charge in [-0.2, -0.15) is 0 Å². The lowest BCUT2D eigenvalue weighted by Crippen LogP contribution is -2.12. The van der Waals surface area contributed by atoms with Gasteiger partial charge in [0.05, 0.1) is 0 Å². The third-order valence-corrected chi connectivity index (χ3v) is 3.22. The van der Waals surface area contributed by atoms with Crippen LogP contribution >= 0.6 is 0 Å². The van der Waals surface area contributed by atoms with E-state index in [1.807, 2.05) is 31.2 Å². The largest absolute Gasteiger partial charge is 0.370 e. The molecule has 4 nitrogen and oxygen atoms in total. The van der Waals surface area contributed by atoms with Gasteiger partial charge in [-0.25, -0.2) is 4.98 Å². The van der Waals surface area contributed by atoms with E-state index in [2.05, 4.69) is 29.5 Å². The average molecular weight is 283 g/mol. The quantitative estimate of drug-likeness (QED) is 0.875. The van der Waals surface area contributed by atoms with Crippen LogP contribution in [0.4, 0.5) is 11.5 Å². The maximum absolute atomic E-state index is 12.2. The lowest BCUT2D eigenvalue weighted by Gasteiger charge is -2.09. The number of rotatable bonds is 5. The van der Waals surface area contributed by atoms with E-state index >= 15 is 0 Å². The summed E-state index contributed by atoms with van der Waals surface area (Å²) < 4.78 is 0. The summed E-state index contributed by atoms with van der Waals surface area (Å²) in [6.07, 6.45) is 1.63. The molecule has 0 unspecified atom stereocenters. The fraction of sp³-hybridized carbons (Fsp3) is 0.294. The monoisotopic (exact) mass is 283 g/mol. The van der Waals surface area contributed by atoms with E-state index in [0.717, 1.165) is 12.2 Å². The van der Waals surface area contributed by atoms with Gasteiger partial charge in [0, 0.05) is 24.0 Å². The van der Waals surface area contributed by atoms with Crippen LogP contribution in [0.15, 0.2) is 42.6 Å². The molecule has 0 aliphatic carbocycles. The number of pyridine rings is 1. The fourth-order valence-corrected chi connectivity index (χ4v) is 2.00. The predicted octanol–water partition coefficient (Wildman–Crippen LogP) is 3.89. The Bertz CT molecular complexity index is 606. The molecule has 110 valence electrons. The Balaban J connectivity index is 2.08. The van der Waals surface area contributed by atoms with E-state index in [-0.39, 0.29) is 5.91 Å². The van der Waals surface area contributed by atoms with E-state index in [1.54, 1.807) is 18.3 Å². The molecule has 1 amide bonds. The summed E-state index contributed by atoms with van der Waals surface area (Å²) in [4.78, 5) is 16.4. The highest BCUT2D eigenvalue weighted by Crippen LogP contribution is 2.18. The normalized spacial score (nSPS) is 10.5. The molecule has 2 aromatic rings. The second-order valence-electron chi connectivity index (χ2n) is 5.19. The van der Waals surface area contributed by atoms with Crippen molar-refractivity contribution in [3.63, 3.8) is 0 Å². The van der Waals surface area contributed by atoms with Crippen LogP contribution in [0.5, 0.6) is 0 Å². The molecule has 0 radical (unpaired) electrons. The highest BCUT2D eigenvalue weighted by molar-refractivity contribution is 6.04. The number of hydrogen-bond acceptors (Lipinski definition) is 3. The standard InChI is InChI=1S/C17H21N3O/c1-4-18-16-11-14(9-10-19-16)17(21)20-15-7-5-13(6-8-15)12(2)3/h5-12H,4H2,1-3H3,(H,18,19)(H,20,21). The maximum Gasteiger partial charge on any atom is 0.255 e. The number of anilines is 2. The topological polar surface area (TPSA) is 54.0 Å². The summed E-state index contributed by atoms with van der Waals surface area (Å²) >= 11 is 0. The molecule has 0 spiro atoms. The van der Waals surface area contributed by atoms with Crippen molar-refractivity contribution >= 4 is 17.4 Å². The van der Waals surface area contributed by atoms with Crippen LogP contribution in [-0.4, -0.2) is 17.4 Å². The second-order valence-corrected chi connectivity index (χ2v) is 5.19. The number of amides is 1. The van der Waals surface area contributed by atoms with E-state index in [4.69, 9.17) is 0 Å². The smallest absolute Gasteiger partial charge is 0.255 e. The van der Waals surface area contributed by atoms with Crippen LogP contribution in [0.2, 0.25) is 0 Å². The van der Waals surface area contributed by atoms with Gasteiger partial charge >= 0.3 is 0 Å². The predicted molar refractivity (Wildman–Crippen MR) is 86.9 cm³/mol. The lowest BCUT2D eigenvalue weighted by atomic mass is 10.0. The summed E-state index contributed by atoms with van der Waals surface area (Å²) in [6, 6.07) is 11.4. The molecule has 1 heterocycles.